The van der Waals surface area contributed by atoms with Gasteiger partial charge in [-0.25, -0.2) is 0 Å². The topological polar surface area (TPSA) is 88.8 Å². The molecule has 2 aliphatic rings. The minimum Gasteiger partial charge on any atom is -0.464 e. The third-order valence-corrected chi connectivity index (χ3v) is 6.08. The molecule has 2 heterocycles. The normalized spacial score (nSPS) is 15.2. The molecule has 2 aromatic carbocycles. The molecule has 5 rings (SSSR count). The van der Waals surface area contributed by atoms with Gasteiger partial charge in [-0.2, -0.15) is 0 Å². The van der Waals surface area contributed by atoms with E-state index in [1.165, 1.54) is 11.1 Å². The van der Waals surface area contributed by atoms with E-state index in [4.69, 9.17) is 9.15 Å². The minimum atomic E-state index is -0.486. The highest BCUT2D eigenvalue weighted by molar-refractivity contribution is 5.97. The lowest BCUT2D eigenvalue weighted by Gasteiger charge is -2.16. The first kappa shape index (κ1) is 20.3. The highest BCUT2D eigenvalue weighted by Crippen LogP contribution is 2.30. The van der Waals surface area contributed by atoms with Crippen LogP contribution in [0.5, 0.6) is 0 Å². The summed E-state index contributed by atoms with van der Waals surface area (Å²) in [5.74, 6) is -0.836. The summed E-state index contributed by atoms with van der Waals surface area (Å²) in [4.78, 5) is 38.2. The minimum absolute atomic E-state index is 0.0472. The van der Waals surface area contributed by atoms with Gasteiger partial charge in [0.25, 0.3) is 5.91 Å². The Hall–Kier alpha value is -3.61. The Morgan fingerprint density at radius 3 is 2.72 bits per heavy atom. The Bertz CT molecular complexity index is 1210. The molecule has 7 nitrogen and oxygen atoms in total. The summed E-state index contributed by atoms with van der Waals surface area (Å²) in [6.07, 6.45) is 6.27. The molecule has 32 heavy (non-hydrogen) atoms. The number of carbonyl (C=O) groups is 3. The van der Waals surface area contributed by atoms with Crippen molar-refractivity contribution >= 4 is 40.1 Å². The number of carbonyl (C=O) groups excluding carboxylic acids is 3. The van der Waals surface area contributed by atoms with E-state index in [2.05, 4.69) is 17.4 Å². The maximum absolute atomic E-state index is 12.3. The van der Waals surface area contributed by atoms with Crippen molar-refractivity contribution in [2.75, 3.05) is 23.4 Å². The second-order valence-electron chi connectivity index (χ2n) is 8.32. The predicted molar refractivity (Wildman–Crippen MR) is 120 cm³/mol. The van der Waals surface area contributed by atoms with Crippen LogP contribution in [-0.4, -0.2) is 30.9 Å². The number of hydrogen-bond acceptors (Lipinski definition) is 5. The number of aryl methyl sites for hydroxylation is 2. The van der Waals surface area contributed by atoms with Crippen LogP contribution in [0.1, 0.15) is 36.0 Å². The lowest BCUT2D eigenvalue weighted by atomic mass is 10.0. The third kappa shape index (κ3) is 4.10. The summed E-state index contributed by atoms with van der Waals surface area (Å²) in [5.41, 5.74) is 5.48. The first-order valence-corrected chi connectivity index (χ1v) is 10.9. The second kappa shape index (κ2) is 8.49. The Kier molecular flexibility index (Phi) is 5.39. The molecule has 1 N–H and O–H groups in total. The number of rotatable bonds is 6. The van der Waals surface area contributed by atoms with E-state index in [1.807, 2.05) is 6.07 Å². The first-order valence-electron chi connectivity index (χ1n) is 10.9. The van der Waals surface area contributed by atoms with E-state index in [9.17, 15) is 14.4 Å². The van der Waals surface area contributed by atoms with Crippen molar-refractivity contribution in [3.8, 4) is 0 Å². The van der Waals surface area contributed by atoms with E-state index < -0.39 is 11.9 Å². The first-order chi connectivity index (χ1) is 15.6. The van der Waals surface area contributed by atoms with Crippen LogP contribution in [0, 0.1) is 0 Å². The SMILES string of the molecule is O=C(COC(=O)Cc1coc2cc3c(cc12)CCC3)Nc1cccc(N2CCCC2=O)c1. The van der Waals surface area contributed by atoms with Crippen molar-refractivity contribution in [2.24, 2.45) is 0 Å². The quantitative estimate of drug-likeness (QED) is 0.599. The zero-order valence-corrected chi connectivity index (χ0v) is 17.7. The molecule has 0 bridgehead atoms. The number of anilines is 2. The van der Waals surface area contributed by atoms with Crippen LogP contribution in [-0.2, 0) is 38.4 Å². The van der Waals surface area contributed by atoms with Crippen LogP contribution in [0.3, 0.4) is 0 Å². The van der Waals surface area contributed by atoms with Crippen LogP contribution in [0.2, 0.25) is 0 Å². The van der Waals surface area contributed by atoms with Crippen LogP contribution in [0.25, 0.3) is 11.0 Å². The summed E-state index contributed by atoms with van der Waals surface area (Å²) >= 11 is 0. The molecular formula is C25H24N2O5. The number of nitrogens with zero attached hydrogens (tertiary/aromatic N) is 1. The molecule has 2 amide bonds. The van der Waals surface area contributed by atoms with Gasteiger partial charge in [-0.05, 0) is 67.1 Å². The molecule has 1 aliphatic heterocycles. The number of amides is 2. The molecule has 1 aliphatic carbocycles. The Morgan fingerprint density at radius 1 is 1.06 bits per heavy atom. The summed E-state index contributed by atoms with van der Waals surface area (Å²) < 4.78 is 10.8. The van der Waals surface area contributed by atoms with E-state index in [1.54, 1.807) is 29.4 Å². The van der Waals surface area contributed by atoms with Gasteiger partial charge < -0.3 is 19.4 Å². The Labute approximate surface area is 185 Å². The third-order valence-electron chi connectivity index (χ3n) is 6.08. The van der Waals surface area contributed by atoms with E-state index in [-0.39, 0.29) is 18.9 Å². The molecule has 7 heteroatoms. The largest absolute Gasteiger partial charge is 0.464 e. The number of fused-ring (bicyclic) bond motifs is 2. The van der Waals surface area contributed by atoms with Crippen LogP contribution in [0.4, 0.5) is 11.4 Å². The van der Waals surface area contributed by atoms with E-state index in [0.29, 0.717) is 18.7 Å². The van der Waals surface area contributed by atoms with Crippen molar-refractivity contribution < 1.29 is 23.5 Å². The van der Waals surface area contributed by atoms with Gasteiger partial charge in [0.15, 0.2) is 6.61 Å². The molecule has 1 fully saturated rings. The van der Waals surface area contributed by atoms with Gasteiger partial charge in [-0.3, -0.25) is 14.4 Å². The summed E-state index contributed by atoms with van der Waals surface area (Å²) in [7, 11) is 0. The number of furan rings is 1. The highest BCUT2D eigenvalue weighted by Gasteiger charge is 2.22. The molecule has 0 spiro atoms. The average Bonchev–Trinajstić information content (AvgIpc) is 3.51. The van der Waals surface area contributed by atoms with Crippen molar-refractivity contribution in [1.29, 1.82) is 0 Å². The predicted octanol–water partition coefficient (Wildman–Crippen LogP) is 3.77. The fourth-order valence-electron chi connectivity index (χ4n) is 4.51. The van der Waals surface area contributed by atoms with Gasteiger partial charge >= 0.3 is 5.97 Å². The average molecular weight is 432 g/mol. The number of ether oxygens (including phenoxy) is 1. The lowest BCUT2D eigenvalue weighted by molar-refractivity contribution is -0.146. The van der Waals surface area contributed by atoms with Gasteiger partial charge in [0, 0.05) is 35.3 Å². The fraction of sp³-hybridized carbons (Fsp3) is 0.320. The summed E-state index contributed by atoms with van der Waals surface area (Å²) in [6, 6.07) is 11.3. The van der Waals surface area contributed by atoms with Crippen LogP contribution >= 0.6 is 0 Å². The smallest absolute Gasteiger partial charge is 0.310 e. The second-order valence-corrected chi connectivity index (χ2v) is 8.32. The standard InChI is InChI=1S/C25H24N2O5/c28-23(26-19-6-2-7-20(13-19)27-9-3-8-24(27)29)15-32-25(30)12-18-14-31-22-11-17-5-1-4-16(17)10-21(18)22/h2,6-7,10-11,13-14H,1,3-5,8-9,12,15H2,(H,26,28). The van der Waals surface area contributed by atoms with Crippen molar-refractivity contribution in [2.45, 2.75) is 38.5 Å². The molecule has 164 valence electrons. The highest BCUT2D eigenvalue weighted by atomic mass is 16.5. The van der Waals surface area contributed by atoms with E-state index in [0.717, 1.165) is 47.9 Å². The Balaban J connectivity index is 1.17. The van der Waals surface area contributed by atoms with Crippen molar-refractivity contribution in [3.63, 3.8) is 0 Å². The molecular weight excluding hydrogens is 408 g/mol. The van der Waals surface area contributed by atoms with Crippen LogP contribution < -0.4 is 10.2 Å². The number of benzene rings is 2. The zero-order chi connectivity index (χ0) is 22.1. The maximum Gasteiger partial charge on any atom is 0.310 e. The molecule has 3 aromatic rings. The monoisotopic (exact) mass is 432 g/mol. The number of hydrogen-bond donors (Lipinski definition) is 1. The fourth-order valence-corrected chi connectivity index (χ4v) is 4.51. The molecule has 0 unspecified atom stereocenters. The number of esters is 1. The summed E-state index contributed by atoms with van der Waals surface area (Å²) in [6.45, 7) is 0.302. The van der Waals surface area contributed by atoms with Crippen molar-refractivity contribution in [1.82, 2.24) is 0 Å². The molecule has 1 aromatic heterocycles. The van der Waals surface area contributed by atoms with Gasteiger partial charge in [0.1, 0.15) is 5.58 Å². The zero-order valence-electron chi connectivity index (χ0n) is 17.7. The molecule has 0 radical (unpaired) electrons. The molecule has 0 atom stereocenters. The maximum atomic E-state index is 12.3. The number of nitrogens with one attached hydrogen (secondary N) is 1. The van der Waals surface area contributed by atoms with Gasteiger partial charge in [0.2, 0.25) is 5.91 Å². The molecule has 1 saturated heterocycles. The van der Waals surface area contributed by atoms with Crippen molar-refractivity contribution in [3.05, 3.63) is 59.4 Å². The van der Waals surface area contributed by atoms with Gasteiger partial charge in [-0.15, -0.1) is 0 Å². The van der Waals surface area contributed by atoms with E-state index >= 15 is 0 Å². The Morgan fingerprint density at radius 2 is 1.91 bits per heavy atom. The lowest BCUT2D eigenvalue weighted by Crippen LogP contribution is -2.24. The summed E-state index contributed by atoms with van der Waals surface area (Å²) in [5, 5.41) is 3.65. The van der Waals surface area contributed by atoms with Gasteiger partial charge in [0.05, 0.1) is 12.7 Å². The molecule has 0 saturated carbocycles. The van der Waals surface area contributed by atoms with Gasteiger partial charge in [-0.1, -0.05) is 6.07 Å². The van der Waals surface area contributed by atoms with Crippen LogP contribution in [0.15, 0.2) is 47.1 Å².